The second kappa shape index (κ2) is 11.4. The molecular weight excluding hydrogens is 324 g/mol. The summed E-state index contributed by atoms with van der Waals surface area (Å²) in [5, 5.41) is 5.92. The highest BCUT2D eigenvalue weighted by molar-refractivity contribution is 5.94. The highest BCUT2D eigenvalue weighted by Crippen LogP contribution is 2.09. The topological polar surface area (TPSA) is 93.7 Å². The molecule has 128 valence electrons. The molecule has 0 radical (unpaired) electrons. The van der Waals surface area contributed by atoms with Gasteiger partial charge in [0.1, 0.15) is 6.04 Å². The Labute approximate surface area is 141 Å². The van der Waals surface area contributed by atoms with E-state index >= 15 is 0 Å². The average molecular weight is 345 g/mol. The van der Waals surface area contributed by atoms with Crippen molar-refractivity contribution in [1.82, 2.24) is 10.6 Å². The van der Waals surface area contributed by atoms with E-state index in [1.54, 1.807) is 12.1 Å². The standard InChI is InChI=1S/C13H16N2O3.C2H4O2.ClH/c1-18-13(17)11-7-10(8-14-11)15-12(16)9-5-3-2-4-6-9;1-4-2-3;/h2-6,10-11,14H,7-8H2,1H3,(H,15,16);2H,1H3;1H. The zero-order chi connectivity index (χ0) is 16.4. The summed E-state index contributed by atoms with van der Waals surface area (Å²) >= 11 is 0. The highest BCUT2D eigenvalue weighted by Gasteiger charge is 2.30. The fourth-order valence-corrected chi connectivity index (χ4v) is 2.03. The largest absolute Gasteiger partial charge is 0.471 e. The molecule has 0 aromatic heterocycles. The normalized spacial score (nSPS) is 18.5. The van der Waals surface area contributed by atoms with E-state index in [9.17, 15) is 9.59 Å². The van der Waals surface area contributed by atoms with Gasteiger partial charge in [-0.05, 0) is 18.6 Å². The number of amides is 1. The van der Waals surface area contributed by atoms with E-state index in [2.05, 4.69) is 20.1 Å². The molecule has 23 heavy (non-hydrogen) atoms. The Hall–Kier alpha value is -2.12. The number of hydrogen-bond donors (Lipinski definition) is 2. The highest BCUT2D eigenvalue weighted by atomic mass is 35.5. The van der Waals surface area contributed by atoms with E-state index in [1.807, 2.05) is 18.2 Å². The Balaban J connectivity index is 0.000000871. The molecule has 0 aliphatic carbocycles. The molecule has 2 atom stereocenters. The van der Waals surface area contributed by atoms with Crippen molar-refractivity contribution in [3.8, 4) is 0 Å². The Kier molecular flexibility index (Phi) is 10.4. The first kappa shape index (κ1) is 20.9. The van der Waals surface area contributed by atoms with Crippen LogP contribution in [0.3, 0.4) is 0 Å². The van der Waals surface area contributed by atoms with Crippen LogP contribution in [0.2, 0.25) is 0 Å². The number of carbonyl (C=O) groups is 3. The molecule has 1 aliphatic rings. The van der Waals surface area contributed by atoms with Crippen LogP contribution in [0.5, 0.6) is 0 Å². The van der Waals surface area contributed by atoms with Gasteiger partial charge in [-0.1, -0.05) is 18.2 Å². The quantitative estimate of drug-likeness (QED) is 0.611. The maximum Gasteiger partial charge on any atom is 0.322 e. The van der Waals surface area contributed by atoms with E-state index < -0.39 is 0 Å². The van der Waals surface area contributed by atoms with Gasteiger partial charge in [0.25, 0.3) is 12.4 Å². The Morgan fingerprint density at radius 3 is 2.39 bits per heavy atom. The zero-order valence-electron chi connectivity index (χ0n) is 13.0. The molecule has 1 heterocycles. The van der Waals surface area contributed by atoms with Crippen molar-refractivity contribution in [3.05, 3.63) is 35.9 Å². The third-order valence-electron chi connectivity index (χ3n) is 3.08. The number of halogens is 1. The summed E-state index contributed by atoms with van der Waals surface area (Å²) in [5.74, 6) is -0.403. The lowest BCUT2D eigenvalue weighted by Crippen LogP contribution is -2.36. The number of carbonyl (C=O) groups excluding carboxylic acids is 3. The lowest BCUT2D eigenvalue weighted by Gasteiger charge is -2.11. The van der Waals surface area contributed by atoms with E-state index in [0.717, 1.165) is 0 Å². The molecular formula is C15H21ClN2O5. The van der Waals surface area contributed by atoms with Crippen LogP contribution in [0.4, 0.5) is 0 Å². The van der Waals surface area contributed by atoms with Gasteiger partial charge in [-0.15, -0.1) is 12.4 Å². The molecule has 1 aliphatic heterocycles. The van der Waals surface area contributed by atoms with Crippen LogP contribution in [0, 0.1) is 0 Å². The minimum absolute atomic E-state index is 0. The third kappa shape index (κ3) is 7.12. The molecule has 0 saturated carbocycles. The summed E-state index contributed by atoms with van der Waals surface area (Å²) in [6, 6.07) is 8.66. The van der Waals surface area contributed by atoms with Crippen molar-refractivity contribution in [3.63, 3.8) is 0 Å². The fourth-order valence-electron chi connectivity index (χ4n) is 2.03. The molecule has 1 fully saturated rings. The van der Waals surface area contributed by atoms with E-state index in [0.29, 0.717) is 25.0 Å². The number of esters is 1. The zero-order valence-corrected chi connectivity index (χ0v) is 13.8. The van der Waals surface area contributed by atoms with Crippen molar-refractivity contribution in [2.75, 3.05) is 20.8 Å². The number of methoxy groups -OCH3 is 2. The van der Waals surface area contributed by atoms with E-state index in [4.69, 9.17) is 4.79 Å². The van der Waals surface area contributed by atoms with Gasteiger partial charge in [0.2, 0.25) is 0 Å². The lowest BCUT2D eigenvalue weighted by atomic mass is 10.1. The van der Waals surface area contributed by atoms with Crippen LogP contribution in [-0.4, -0.2) is 51.2 Å². The molecule has 2 unspecified atom stereocenters. The number of benzene rings is 1. The molecule has 0 bridgehead atoms. The molecule has 2 rings (SSSR count). The third-order valence-corrected chi connectivity index (χ3v) is 3.08. The monoisotopic (exact) mass is 344 g/mol. The van der Waals surface area contributed by atoms with Crippen molar-refractivity contribution in [2.45, 2.75) is 18.5 Å². The predicted molar refractivity (Wildman–Crippen MR) is 86.4 cm³/mol. The summed E-state index contributed by atoms with van der Waals surface area (Å²) in [7, 11) is 2.67. The molecule has 1 saturated heterocycles. The molecule has 8 heteroatoms. The lowest BCUT2D eigenvalue weighted by molar-refractivity contribution is -0.142. The first-order valence-electron chi connectivity index (χ1n) is 6.76. The second-order valence-corrected chi connectivity index (χ2v) is 4.59. The van der Waals surface area contributed by atoms with Crippen molar-refractivity contribution in [2.24, 2.45) is 0 Å². The molecule has 1 aromatic rings. The average Bonchev–Trinajstić information content (AvgIpc) is 3.03. The van der Waals surface area contributed by atoms with Gasteiger partial charge in [-0.2, -0.15) is 0 Å². The minimum atomic E-state index is -0.323. The Morgan fingerprint density at radius 1 is 1.26 bits per heavy atom. The van der Waals surface area contributed by atoms with Gasteiger partial charge in [0, 0.05) is 18.2 Å². The van der Waals surface area contributed by atoms with Gasteiger partial charge in [0.05, 0.1) is 14.2 Å². The summed E-state index contributed by atoms with van der Waals surface area (Å²) < 4.78 is 8.52. The number of ether oxygens (including phenoxy) is 2. The molecule has 2 N–H and O–H groups in total. The van der Waals surface area contributed by atoms with E-state index in [-0.39, 0.29) is 36.4 Å². The molecule has 1 aromatic carbocycles. The molecule has 7 nitrogen and oxygen atoms in total. The summed E-state index contributed by atoms with van der Waals surface area (Å²) in [4.78, 5) is 32.2. The number of nitrogens with one attached hydrogen (secondary N) is 2. The first-order chi connectivity index (χ1) is 10.6. The molecule has 0 spiro atoms. The summed E-state index contributed by atoms with van der Waals surface area (Å²) in [6.45, 7) is 0.957. The van der Waals surface area contributed by atoms with Gasteiger partial charge >= 0.3 is 5.97 Å². The Morgan fingerprint density at radius 2 is 1.87 bits per heavy atom. The van der Waals surface area contributed by atoms with Crippen molar-refractivity contribution in [1.29, 1.82) is 0 Å². The minimum Gasteiger partial charge on any atom is -0.471 e. The van der Waals surface area contributed by atoms with Gasteiger partial charge < -0.3 is 20.1 Å². The maximum absolute atomic E-state index is 11.9. The number of rotatable bonds is 4. The summed E-state index contributed by atoms with van der Waals surface area (Å²) in [6.07, 6.45) is 0.561. The Bertz CT molecular complexity index is 498. The fraction of sp³-hybridized carbons (Fsp3) is 0.400. The van der Waals surface area contributed by atoms with Crippen molar-refractivity contribution >= 4 is 30.8 Å². The van der Waals surface area contributed by atoms with Crippen LogP contribution in [-0.2, 0) is 19.1 Å². The van der Waals surface area contributed by atoms with Crippen LogP contribution in [0.15, 0.2) is 30.3 Å². The van der Waals surface area contributed by atoms with Crippen LogP contribution in [0.1, 0.15) is 16.8 Å². The maximum atomic E-state index is 11.9. The van der Waals surface area contributed by atoms with Crippen molar-refractivity contribution < 1.29 is 23.9 Å². The van der Waals surface area contributed by atoms with Gasteiger partial charge in [-0.25, -0.2) is 0 Å². The SMILES string of the molecule is COC(=O)C1CC(NC(=O)c2ccccc2)CN1.COC=O.Cl. The second-order valence-electron chi connectivity index (χ2n) is 4.59. The molecule has 1 amide bonds. The van der Waals surface area contributed by atoms with E-state index in [1.165, 1.54) is 14.2 Å². The first-order valence-corrected chi connectivity index (χ1v) is 6.76. The van der Waals surface area contributed by atoms with Crippen LogP contribution in [0.25, 0.3) is 0 Å². The smallest absolute Gasteiger partial charge is 0.322 e. The van der Waals surface area contributed by atoms with Gasteiger partial charge in [-0.3, -0.25) is 14.4 Å². The predicted octanol–water partition coefficient (Wildman–Crippen LogP) is 0.531. The van der Waals surface area contributed by atoms with Crippen LogP contribution < -0.4 is 10.6 Å². The van der Waals surface area contributed by atoms with Gasteiger partial charge in [0.15, 0.2) is 0 Å². The summed E-state index contributed by atoms with van der Waals surface area (Å²) in [5.41, 5.74) is 0.624. The number of hydrogen-bond acceptors (Lipinski definition) is 6. The van der Waals surface area contributed by atoms with Crippen LogP contribution >= 0.6 is 12.4 Å².